The molecule has 0 saturated heterocycles. The lowest BCUT2D eigenvalue weighted by atomic mass is 9.95. The van der Waals surface area contributed by atoms with E-state index < -0.39 is 15.4 Å². The van der Waals surface area contributed by atoms with Crippen LogP contribution in [0.2, 0.25) is 0 Å². The molecule has 2 unspecified atom stereocenters. The molecular formula is C12H26N2O3S2. The number of hydrogen-bond acceptors (Lipinski definition) is 5. The first-order valence-electron chi connectivity index (χ1n) is 6.45. The zero-order valence-corrected chi connectivity index (χ0v) is 13.9. The van der Waals surface area contributed by atoms with Crippen molar-refractivity contribution in [3.05, 3.63) is 0 Å². The van der Waals surface area contributed by atoms with Crippen LogP contribution in [0, 0.1) is 0 Å². The smallest absolute Gasteiger partial charge is 0.237 e. The maximum atomic E-state index is 11.6. The van der Waals surface area contributed by atoms with Gasteiger partial charge in [-0.3, -0.25) is 4.79 Å². The molecule has 3 N–H and O–H groups in total. The van der Waals surface area contributed by atoms with Gasteiger partial charge in [-0.05, 0) is 26.3 Å². The van der Waals surface area contributed by atoms with Gasteiger partial charge in [0.15, 0.2) is 0 Å². The van der Waals surface area contributed by atoms with Crippen LogP contribution in [0.4, 0.5) is 0 Å². The first-order chi connectivity index (χ1) is 8.60. The molecule has 0 saturated carbocycles. The normalized spacial score (nSPS) is 16.8. The van der Waals surface area contributed by atoms with Crippen molar-refractivity contribution in [1.82, 2.24) is 5.32 Å². The molecule has 0 aromatic rings. The first-order valence-corrected chi connectivity index (χ1v) is 9.56. The van der Waals surface area contributed by atoms with Crippen LogP contribution in [0.1, 0.15) is 33.6 Å². The highest BCUT2D eigenvalue weighted by atomic mass is 32.2. The van der Waals surface area contributed by atoms with Crippen LogP contribution in [0.25, 0.3) is 0 Å². The number of primary amides is 1. The third-order valence-electron chi connectivity index (χ3n) is 2.86. The zero-order valence-electron chi connectivity index (χ0n) is 12.2. The Morgan fingerprint density at radius 1 is 1.47 bits per heavy atom. The Kier molecular flexibility index (Phi) is 8.00. The Bertz CT molecular complexity index is 384. The fourth-order valence-corrected chi connectivity index (χ4v) is 4.14. The van der Waals surface area contributed by atoms with E-state index in [1.54, 1.807) is 18.7 Å². The van der Waals surface area contributed by atoms with Crippen molar-refractivity contribution in [3.8, 4) is 0 Å². The lowest BCUT2D eigenvalue weighted by Gasteiger charge is -2.30. The maximum Gasteiger partial charge on any atom is 0.237 e. The highest BCUT2D eigenvalue weighted by Crippen LogP contribution is 2.22. The van der Waals surface area contributed by atoms with Gasteiger partial charge < -0.3 is 11.1 Å². The number of thioether (sulfide) groups is 1. The predicted molar refractivity (Wildman–Crippen MR) is 82.1 cm³/mol. The number of sulfone groups is 1. The van der Waals surface area contributed by atoms with E-state index in [2.05, 4.69) is 5.32 Å². The van der Waals surface area contributed by atoms with Gasteiger partial charge in [0, 0.05) is 17.3 Å². The van der Waals surface area contributed by atoms with Crippen molar-refractivity contribution in [2.24, 2.45) is 5.73 Å². The third kappa shape index (κ3) is 8.49. The Hall–Kier alpha value is -0.270. The van der Waals surface area contributed by atoms with Crippen molar-refractivity contribution in [1.29, 1.82) is 0 Å². The van der Waals surface area contributed by atoms with E-state index >= 15 is 0 Å². The molecule has 0 bridgehead atoms. The molecule has 0 spiro atoms. The van der Waals surface area contributed by atoms with Gasteiger partial charge >= 0.3 is 0 Å². The van der Waals surface area contributed by atoms with Gasteiger partial charge in [-0.2, -0.15) is 11.8 Å². The number of hydrogen-bond donors (Lipinski definition) is 2. The molecule has 5 nitrogen and oxygen atoms in total. The summed E-state index contributed by atoms with van der Waals surface area (Å²) >= 11 is 1.55. The van der Waals surface area contributed by atoms with Gasteiger partial charge in [0.25, 0.3) is 0 Å². The van der Waals surface area contributed by atoms with Crippen molar-refractivity contribution in [3.63, 3.8) is 0 Å². The van der Waals surface area contributed by atoms with Crippen molar-refractivity contribution < 1.29 is 13.2 Å². The number of rotatable bonds is 10. The number of amides is 1. The Labute approximate surface area is 121 Å². The third-order valence-corrected chi connectivity index (χ3v) is 5.24. The molecule has 0 radical (unpaired) electrons. The molecule has 0 aromatic carbocycles. The number of nitrogens with two attached hydrogens (primary N) is 1. The first kappa shape index (κ1) is 18.7. The predicted octanol–water partition coefficient (Wildman–Crippen LogP) is 0.786. The molecule has 0 rings (SSSR count). The lowest BCUT2D eigenvalue weighted by Crippen LogP contribution is -2.54. The molecule has 0 aromatic heterocycles. The average Bonchev–Trinajstić information content (AvgIpc) is 2.24. The van der Waals surface area contributed by atoms with Crippen LogP contribution in [0.3, 0.4) is 0 Å². The standard InChI is InChI=1S/C12H26N2O3S2/c1-5-6-14-12(3,11(13)15)9-10(2)18-7-8-19(4,16)17/h10,14H,5-9H2,1-4H3,(H2,13,15). The summed E-state index contributed by atoms with van der Waals surface area (Å²) in [5, 5.41) is 3.35. The van der Waals surface area contributed by atoms with Gasteiger partial charge in [0.2, 0.25) is 5.91 Å². The van der Waals surface area contributed by atoms with E-state index in [1.807, 2.05) is 13.8 Å². The van der Waals surface area contributed by atoms with Gasteiger partial charge in [-0.15, -0.1) is 0 Å². The van der Waals surface area contributed by atoms with Crippen molar-refractivity contribution >= 4 is 27.5 Å². The summed E-state index contributed by atoms with van der Waals surface area (Å²) in [7, 11) is -2.92. The number of carbonyl (C=O) groups excluding carboxylic acids is 1. The summed E-state index contributed by atoms with van der Waals surface area (Å²) in [5.74, 6) is 0.344. The zero-order chi connectivity index (χ0) is 15.1. The maximum absolute atomic E-state index is 11.6. The van der Waals surface area contributed by atoms with E-state index in [1.165, 1.54) is 6.26 Å². The fraction of sp³-hybridized carbons (Fsp3) is 0.917. The molecular weight excluding hydrogens is 284 g/mol. The van der Waals surface area contributed by atoms with Crippen LogP contribution in [-0.2, 0) is 14.6 Å². The second-order valence-electron chi connectivity index (χ2n) is 5.14. The molecule has 114 valence electrons. The second-order valence-corrected chi connectivity index (χ2v) is 8.94. The van der Waals surface area contributed by atoms with E-state index in [-0.39, 0.29) is 16.9 Å². The monoisotopic (exact) mass is 310 g/mol. The highest BCUT2D eigenvalue weighted by Gasteiger charge is 2.32. The summed E-state index contributed by atoms with van der Waals surface area (Å²) in [5.41, 5.74) is 4.72. The van der Waals surface area contributed by atoms with Crippen LogP contribution in [0.15, 0.2) is 0 Å². The summed E-state index contributed by atoms with van der Waals surface area (Å²) in [6.45, 7) is 6.55. The minimum absolute atomic E-state index is 0.164. The largest absolute Gasteiger partial charge is 0.368 e. The molecule has 0 aliphatic carbocycles. The molecule has 19 heavy (non-hydrogen) atoms. The summed E-state index contributed by atoms with van der Waals surface area (Å²) in [6, 6.07) is 0. The Morgan fingerprint density at radius 2 is 2.05 bits per heavy atom. The fourth-order valence-electron chi connectivity index (χ4n) is 1.70. The molecule has 2 atom stereocenters. The quantitative estimate of drug-likeness (QED) is 0.622. The van der Waals surface area contributed by atoms with Gasteiger partial charge in [0.05, 0.1) is 11.3 Å². The van der Waals surface area contributed by atoms with E-state index in [4.69, 9.17) is 5.73 Å². The SMILES string of the molecule is CCCNC(C)(CC(C)SCCS(C)(=O)=O)C(N)=O. The molecule has 7 heteroatoms. The van der Waals surface area contributed by atoms with E-state index in [0.29, 0.717) is 12.2 Å². The van der Waals surface area contributed by atoms with E-state index in [9.17, 15) is 13.2 Å². The molecule has 0 aliphatic heterocycles. The summed E-state index contributed by atoms with van der Waals surface area (Å²) < 4.78 is 22.1. The molecule has 0 fully saturated rings. The molecule has 1 amide bonds. The average molecular weight is 310 g/mol. The van der Waals surface area contributed by atoms with Crippen molar-refractivity contribution in [2.75, 3.05) is 24.3 Å². The Balaban J connectivity index is 4.32. The highest BCUT2D eigenvalue weighted by molar-refractivity contribution is 8.01. The minimum atomic E-state index is -2.92. The summed E-state index contributed by atoms with van der Waals surface area (Å²) in [6.07, 6.45) is 2.75. The topological polar surface area (TPSA) is 89.3 Å². The van der Waals surface area contributed by atoms with Gasteiger partial charge in [0.1, 0.15) is 9.84 Å². The van der Waals surface area contributed by atoms with Crippen LogP contribution >= 0.6 is 11.8 Å². The van der Waals surface area contributed by atoms with Gasteiger partial charge in [-0.1, -0.05) is 13.8 Å². The van der Waals surface area contributed by atoms with E-state index in [0.717, 1.165) is 13.0 Å². The van der Waals surface area contributed by atoms with Gasteiger partial charge in [-0.25, -0.2) is 8.42 Å². The Morgan fingerprint density at radius 3 is 2.47 bits per heavy atom. The number of carbonyl (C=O) groups is 1. The summed E-state index contributed by atoms with van der Waals surface area (Å²) in [4.78, 5) is 11.6. The van der Waals surface area contributed by atoms with Crippen LogP contribution in [0.5, 0.6) is 0 Å². The molecule has 0 aliphatic rings. The number of nitrogens with one attached hydrogen (secondary N) is 1. The minimum Gasteiger partial charge on any atom is -0.368 e. The lowest BCUT2D eigenvalue weighted by molar-refractivity contribution is -0.124. The molecule has 0 heterocycles. The van der Waals surface area contributed by atoms with Crippen molar-refractivity contribution in [2.45, 2.75) is 44.4 Å². The van der Waals surface area contributed by atoms with Crippen LogP contribution in [-0.4, -0.2) is 49.4 Å². The van der Waals surface area contributed by atoms with Crippen LogP contribution < -0.4 is 11.1 Å². The second kappa shape index (κ2) is 8.11.